The Morgan fingerprint density at radius 2 is 1.95 bits per heavy atom. The smallest absolute Gasteiger partial charge is 0.128 e. The molecule has 1 aromatic carbocycles. The maximum absolute atomic E-state index is 13.7. The summed E-state index contributed by atoms with van der Waals surface area (Å²) in [5.41, 5.74) is 0.241. The van der Waals surface area contributed by atoms with Crippen LogP contribution in [0.25, 0.3) is 0 Å². The number of benzene rings is 1. The first-order valence-corrected chi connectivity index (χ1v) is 7.35. The zero-order chi connectivity index (χ0) is 14.6. The third kappa shape index (κ3) is 3.55. The molecular formula is C16H23F2NO. The van der Waals surface area contributed by atoms with E-state index in [-0.39, 0.29) is 18.1 Å². The van der Waals surface area contributed by atoms with Crippen molar-refractivity contribution in [2.75, 3.05) is 13.2 Å². The van der Waals surface area contributed by atoms with Crippen LogP contribution in [0.5, 0.6) is 0 Å². The summed E-state index contributed by atoms with van der Waals surface area (Å²) in [4.78, 5) is 0. The second-order valence-corrected chi connectivity index (χ2v) is 5.99. The van der Waals surface area contributed by atoms with Crippen LogP contribution < -0.4 is 5.32 Å². The topological polar surface area (TPSA) is 32.3 Å². The minimum Gasteiger partial charge on any atom is -0.396 e. The lowest BCUT2D eigenvalue weighted by atomic mass is 9.74. The Morgan fingerprint density at radius 3 is 2.60 bits per heavy atom. The van der Waals surface area contributed by atoms with Crippen LogP contribution in [0.3, 0.4) is 0 Å². The van der Waals surface area contributed by atoms with Gasteiger partial charge in [0, 0.05) is 30.2 Å². The third-order valence-electron chi connectivity index (χ3n) is 4.46. The van der Waals surface area contributed by atoms with Crippen LogP contribution in [0, 0.1) is 17.0 Å². The minimum atomic E-state index is -0.426. The van der Waals surface area contributed by atoms with E-state index in [1.54, 1.807) is 0 Å². The summed E-state index contributed by atoms with van der Waals surface area (Å²) >= 11 is 0. The van der Waals surface area contributed by atoms with Crippen LogP contribution in [0.1, 0.15) is 50.6 Å². The molecule has 1 aromatic rings. The molecule has 1 aliphatic rings. The van der Waals surface area contributed by atoms with Gasteiger partial charge in [-0.05, 0) is 38.0 Å². The van der Waals surface area contributed by atoms with E-state index < -0.39 is 11.6 Å². The first kappa shape index (κ1) is 15.4. The predicted molar refractivity (Wildman–Crippen MR) is 75.4 cm³/mol. The molecule has 1 atom stereocenters. The van der Waals surface area contributed by atoms with Gasteiger partial charge in [-0.15, -0.1) is 0 Å². The summed E-state index contributed by atoms with van der Waals surface area (Å²) in [6, 6.07) is 3.25. The van der Waals surface area contributed by atoms with Crippen LogP contribution in [-0.2, 0) is 0 Å². The van der Waals surface area contributed by atoms with Crippen LogP contribution in [0.4, 0.5) is 8.78 Å². The minimum absolute atomic E-state index is 0.101. The van der Waals surface area contributed by atoms with Crippen molar-refractivity contribution in [3.63, 3.8) is 0 Å². The third-order valence-corrected chi connectivity index (χ3v) is 4.46. The van der Waals surface area contributed by atoms with Crippen LogP contribution in [0.15, 0.2) is 18.2 Å². The molecular weight excluding hydrogens is 260 g/mol. The number of rotatable bonds is 5. The van der Waals surface area contributed by atoms with Gasteiger partial charge in [0.2, 0.25) is 0 Å². The fraction of sp³-hybridized carbons (Fsp3) is 0.625. The standard InChI is InChI=1S/C16H23F2NO/c1-12(14-9-13(17)5-6-15(14)18)19-10-16(11-20)7-3-2-4-8-16/h5-6,9,12,19-20H,2-4,7-8,10-11H2,1H3. The molecule has 1 fully saturated rings. The molecule has 2 nitrogen and oxygen atoms in total. The fourth-order valence-corrected chi connectivity index (χ4v) is 3.02. The van der Waals surface area contributed by atoms with E-state index in [0.29, 0.717) is 12.1 Å². The zero-order valence-electron chi connectivity index (χ0n) is 12.0. The molecule has 0 spiro atoms. The Balaban J connectivity index is 2.00. The molecule has 1 unspecified atom stereocenters. The van der Waals surface area contributed by atoms with Gasteiger partial charge >= 0.3 is 0 Å². The average Bonchev–Trinajstić information content (AvgIpc) is 2.48. The van der Waals surface area contributed by atoms with Gasteiger partial charge in [0.25, 0.3) is 0 Å². The lowest BCUT2D eigenvalue weighted by molar-refractivity contribution is 0.0787. The molecule has 0 amide bonds. The van der Waals surface area contributed by atoms with Gasteiger partial charge in [0.05, 0.1) is 0 Å². The molecule has 1 saturated carbocycles. The van der Waals surface area contributed by atoms with Gasteiger partial charge in [-0.2, -0.15) is 0 Å². The largest absolute Gasteiger partial charge is 0.396 e. The van der Waals surface area contributed by atoms with Crippen LogP contribution in [0.2, 0.25) is 0 Å². The molecule has 0 saturated heterocycles. The Labute approximate surface area is 119 Å². The molecule has 0 aromatic heterocycles. The van der Waals surface area contributed by atoms with Gasteiger partial charge < -0.3 is 10.4 Å². The van der Waals surface area contributed by atoms with Crippen LogP contribution >= 0.6 is 0 Å². The average molecular weight is 283 g/mol. The highest BCUT2D eigenvalue weighted by molar-refractivity contribution is 5.21. The van der Waals surface area contributed by atoms with Gasteiger partial charge in [-0.25, -0.2) is 8.78 Å². The van der Waals surface area contributed by atoms with Gasteiger partial charge in [-0.1, -0.05) is 19.3 Å². The van der Waals surface area contributed by atoms with Crippen molar-refractivity contribution in [2.45, 2.75) is 45.1 Å². The molecule has 0 aliphatic heterocycles. The monoisotopic (exact) mass is 283 g/mol. The normalized spacial score (nSPS) is 19.8. The number of hydrogen-bond donors (Lipinski definition) is 2. The van der Waals surface area contributed by atoms with E-state index >= 15 is 0 Å². The zero-order valence-corrected chi connectivity index (χ0v) is 12.0. The summed E-state index contributed by atoms with van der Waals surface area (Å²) in [6.07, 6.45) is 5.47. The summed E-state index contributed by atoms with van der Waals surface area (Å²) in [7, 11) is 0. The number of halogens is 2. The van der Waals surface area contributed by atoms with E-state index in [0.717, 1.165) is 37.8 Å². The van der Waals surface area contributed by atoms with Gasteiger partial charge in [0.1, 0.15) is 11.6 Å². The Bertz CT molecular complexity index is 444. The molecule has 20 heavy (non-hydrogen) atoms. The molecule has 4 heteroatoms. The second-order valence-electron chi connectivity index (χ2n) is 5.99. The SMILES string of the molecule is CC(NCC1(CO)CCCCC1)c1cc(F)ccc1F. The van der Waals surface area contributed by atoms with Crippen molar-refractivity contribution in [1.82, 2.24) is 5.32 Å². The van der Waals surface area contributed by atoms with Gasteiger partial charge in [0.15, 0.2) is 0 Å². The summed E-state index contributed by atoms with van der Waals surface area (Å²) in [5.74, 6) is -0.822. The molecule has 0 heterocycles. The molecule has 1 aliphatic carbocycles. The quantitative estimate of drug-likeness (QED) is 0.866. The molecule has 0 radical (unpaired) electrons. The Kier molecular flexibility index (Phi) is 5.11. The fourth-order valence-electron chi connectivity index (χ4n) is 3.02. The summed E-state index contributed by atoms with van der Waals surface area (Å²) in [6.45, 7) is 2.62. The molecule has 2 rings (SSSR count). The molecule has 0 bridgehead atoms. The summed E-state index contributed by atoms with van der Waals surface area (Å²) < 4.78 is 26.9. The second kappa shape index (κ2) is 6.64. The highest BCUT2D eigenvalue weighted by Gasteiger charge is 2.31. The van der Waals surface area contributed by atoms with Crippen molar-refractivity contribution >= 4 is 0 Å². The van der Waals surface area contributed by atoms with E-state index in [1.165, 1.54) is 12.5 Å². The maximum atomic E-state index is 13.7. The number of hydrogen-bond acceptors (Lipinski definition) is 2. The Morgan fingerprint density at radius 1 is 1.25 bits per heavy atom. The number of aliphatic hydroxyl groups excluding tert-OH is 1. The van der Waals surface area contributed by atoms with Crippen molar-refractivity contribution in [1.29, 1.82) is 0 Å². The van der Waals surface area contributed by atoms with Crippen molar-refractivity contribution in [3.05, 3.63) is 35.4 Å². The maximum Gasteiger partial charge on any atom is 0.128 e. The van der Waals surface area contributed by atoms with E-state index in [4.69, 9.17) is 0 Å². The summed E-state index contributed by atoms with van der Waals surface area (Å²) in [5, 5.41) is 12.9. The predicted octanol–water partition coefficient (Wildman–Crippen LogP) is 3.56. The first-order valence-electron chi connectivity index (χ1n) is 7.35. The number of aliphatic hydroxyl groups is 1. The van der Waals surface area contributed by atoms with E-state index in [9.17, 15) is 13.9 Å². The number of nitrogens with one attached hydrogen (secondary N) is 1. The van der Waals surface area contributed by atoms with E-state index in [2.05, 4.69) is 5.32 Å². The molecule has 112 valence electrons. The van der Waals surface area contributed by atoms with Gasteiger partial charge in [-0.3, -0.25) is 0 Å². The first-order chi connectivity index (χ1) is 9.56. The van der Waals surface area contributed by atoms with Crippen molar-refractivity contribution in [3.8, 4) is 0 Å². The highest BCUT2D eigenvalue weighted by atomic mass is 19.1. The molecule has 2 N–H and O–H groups in total. The van der Waals surface area contributed by atoms with Crippen molar-refractivity contribution < 1.29 is 13.9 Å². The van der Waals surface area contributed by atoms with Crippen LogP contribution in [-0.4, -0.2) is 18.3 Å². The van der Waals surface area contributed by atoms with E-state index in [1.807, 2.05) is 6.92 Å². The highest BCUT2D eigenvalue weighted by Crippen LogP contribution is 2.35. The lowest BCUT2D eigenvalue weighted by Gasteiger charge is -2.36. The Hall–Kier alpha value is -1.00. The van der Waals surface area contributed by atoms with Crippen molar-refractivity contribution in [2.24, 2.45) is 5.41 Å². The lowest BCUT2D eigenvalue weighted by Crippen LogP contribution is -2.40.